The molecule has 0 saturated heterocycles. The third-order valence-corrected chi connectivity index (χ3v) is 1.81. The van der Waals surface area contributed by atoms with Crippen molar-refractivity contribution in [2.75, 3.05) is 5.75 Å². The molecule has 0 amide bonds. The molecule has 64 valence electrons. The minimum atomic E-state index is -3.70. The summed E-state index contributed by atoms with van der Waals surface area (Å²) < 4.78 is 28.3. The summed E-state index contributed by atoms with van der Waals surface area (Å²) >= 11 is 0. The Morgan fingerprint density at radius 2 is 1.73 bits per heavy atom. The number of unbranched alkanes of at least 4 members (excludes halogenated alkanes) is 2. The van der Waals surface area contributed by atoms with E-state index in [0.717, 1.165) is 12.8 Å². The molecular formula is C5H14NaO4S+. The molecular weight excluding hydrogens is 179 g/mol. The van der Waals surface area contributed by atoms with Crippen molar-refractivity contribution in [2.24, 2.45) is 0 Å². The topological polar surface area (TPSA) is 85.9 Å². The fourth-order valence-electron chi connectivity index (χ4n) is 0.534. The molecule has 0 aliphatic carbocycles. The molecule has 4 nitrogen and oxygen atoms in total. The zero-order chi connectivity index (χ0) is 7.33. The van der Waals surface area contributed by atoms with Gasteiger partial charge in [0.2, 0.25) is 0 Å². The van der Waals surface area contributed by atoms with Crippen molar-refractivity contribution in [2.45, 2.75) is 26.2 Å². The third-order valence-electron chi connectivity index (χ3n) is 1.01. The molecule has 0 aromatic carbocycles. The van der Waals surface area contributed by atoms with E-state index < -0.39 is 10.1 Å². The van der Waals surface area contributed by atoms with Crippen molar-refractivity contribution in [3.8, 4) is 0 Å². The first kappa shape index (κ1) is 17.8. The second kappa shape index (κ2) is 8.96. The summed E-state index contributed by atoms with van der Waals surface area (Å²) in [7, 11) is -3.70. The number of rotatable bonds is 4. The number of hydrogen-bond donors (Lipinski definition) is 1. The predicted octanol–water partition coefficient (Wildman–Crippen LogP) is -2.76. The second-order valence-electron chi connectivity index (χ2n) is 1.99. The average molecular weight is 193 g/mol. The van der Waals surface area contributed by atoms with Gasteiger partial charge in [-0.05, 0) is 6.42 Å². The Balaban J connectivity index is -0.000000320. The van der Waals surface area contributed by atoms with Crippen LogP contribution in [0.1, 0.15) is 26.2 Å². The fraction of sp³-hybridized carbons (Fsp3) is 1.00. The zero-order valence-corrected chi connectivity index (χ0v) is 9.82. The van der Waals surface area contributed by atoms with Gasteiger partial charge >= 0.3 is 29.6 Å². The molecule has 0 saturated carbocycles. The van der Waals surface area contributed by atoms with Crippen molar-refractivity contribution >= 4 is 10.1 Å². The average Bonchev–Trinajstić information content (AvgIpc) is 1.63. The van der Waals surface area contributed by atoms with Crippen LogP contribution in [0, 0.1) is 0 Å². The van der Waals surface area contributed by atoms with Crippen LogP contribution in [0.15, 0.2) is 0 Å². The first-order chi connectivity index (χ1) is 4.06. The molecule has 0 bridgehead atoms. The first-order valence-corrected chi connectivity index (χ1v) is 4.62. The Labute approximate surface area is 89.7 Å². The van der Waals surface area contributed by atoms with Crippen molar-refractivity contribution in [1.29, 1.82) is 0 Å². The Morgan fingerprint density at radius 1 is 1.27 bits per heavy atom. The maximum atomic E-state index is 10.1. The maximum Gasteiger partial charge on any atom is 1.00 e. The molecule has 0 aliphatic rings. The molecule has 0 rings (SSSR count). The van der Waals surface area contributed by atoms with Crippen molar-refractivity contribution < 1.29 is 48.0 Å². The SMILES string of the molecule is CCCCCS(=O)(=O)O.O.[Na+]. The van der Waals surface area contributed by atoms with E-state index in [1.165, 1.54) is 0 Å². The van der Waals surface area contributed by atoms with Crippen LogP contribution >= 0.6 is 0 Å². The molecule has 0 atom stereocenters. The quantitative estimate of drug-likeness (QED) is 0.298. The van der Waals surface area contributed by atoms with Gasteiger partial charge < -0.3 is 5.48 Å². The molecule has 0 aromatic rings. The van der Waals surface area contributed by atoms with Crippen LogP contribution in [0.4, 0.5) is 0 Å². The summed E-state index contributed by atoms with van der Waals surface area (Å²) in [5.41, 5.74) is 0. The smallest absolute Gasteiger partial charge is 0.412 e. The van der Waals surface area contributed by atoms with E-state index in [0.29, 0.717) is 6.42 Å². The van der Waals surface area contributed by atoms with E-state index in [2.05, 4.69) is 0 Å². The van der Waals surface area contributed by atoms with Gasteiger partial charge in [0.25, 0.3) is 10.1 Å². The predicted molar refractivity (Wildman–Crippen MR) is 39.6 cm³/mol. The molecule has 0 fully saturated rings. The van der Waals surface area contributed by atoms with Gasteiger partial charge in [-0.3, -0.25) is 4.55 Å². The fourth-order valence-corrected chi connectivity index (χ4v) is 1.10. The van der Waals surface area contributed by atoms with Gasteiger partial charge in [-0.25, -0.2) is 0 Å². The minimum absolute atomic E-state index is 0. The zero-order valence-electron chi connectivity index (χ0n) is 7.00. The van der Waals surface area contributed by atoms with Crippen LogP contribution in [0.5, 0.6) is 0 Å². The van der Waals surface area contributed by atoms with Crippen molar-refractivity contribution in [1.82, 2.24) is 0 Å². The normalized spacial score (nSPS) is 9.64. The van der Waals surface area contributed by atoms with Crippen molar-refractivity contribution in [3.63, 3.8) is 0 Å². The molecule has 0 spiro atoms. The van der Waals surface area contributed by atoms with Crippen LogP contribution in [0.2, 0.25) is 0 Å². The minimum Gasteiger partial charge on any atom is -0.412 e. The van der Waals surface area contributed by atoms with Gasteiger partial charge in [0.1, 0.15) is 0 Å². The van der Waals surface area contributed by atoms with Gasteiger partial charge in [-0.2, -0.15) is 8.42 Å². The summed E-state index contributed by atoms with van der Waals surface area (Å²) in [6.45, 7) is 1.98. The molecule has 3 N–H and O–H groups in total. The van der Waals surface area contributed by atoms with E-state index in [-0.39, 0.29) is 40.8 Å². The summed E-state index contributed by atoms with van der Waals surface area (Å²) in [5.74, 6) is -0.0964. The Morgan fingerprint density at radius 3 is 2.00 bits per heavy atom. The summed E-state index contributed by atoms with van der Waals surface area (Å²) in [6.07, 6.45) is 2.39. The van der Waals surface area contributed by atoms with Crippen LogP contribution in [-0.4, -0.2) is 24.2 Å². The van der Waals surface area contributed by atoms with Gasteiger partial charge in [0, 0.05) is 0 Å². The van der Waals surface area contributed by atoms with E-state index in [1.807, 2.05) is 6.92 Å². The monoisotopic (exact) mass is 193 g/mol. The number of hydrogen-bond acceptors (Lipinski definition) is 2. The van der Waals surface area contributed by atoms with Gasteiger partial charge in [-0.15, -0.1) is 0 Å². The van der Waals surface area contributed by atoms with E-state index in [4.69, 9.17) is 4.55 Å². The summed E-state index contributed by atoms with van der Waals surface area (Å²) in [4.78, 5) is 0. The van der Waals surface area contributed by atoms with Crippen LogP contribution < -0.4 is 29.6 Å². The van der Waals surface area contributed by atoms with Crippen LogP contribution in [-0.2, 0) is 10.1 Å². The van der Waals surface area contributed by atoms with Gasteiger partial charge in [0.15, 0.2) is 0 Å². The molecule has 0 heterocycles. The van der Waals surface area contributed by atoms with Crippen LogP contribution in [0.3, 0.4) is 0 Å². The van der Waals surface area contributed by atoms with E-state index in [9.17, 15) is 8.42 Å². The largest absolute Gasteiger partial charge is 1.00 e. The molecule has 0 unspecified atom stereocenters. The van der Waals surface area contributed by atoms with Crippen LogP contribution in [0.25, 0.3) is 0 Å². The molecule has 0 radical (unpaired) electrons. The Bertz CT molecular complexity index is 154. The van der Waals surface area contributed by atoms with E-state index in [1.54, 1.807) is 0 Å². The molecule has 6 heteroatoms. The van der Waals surface area contributed by atoms with Crippen molar-refractivity contribution in [3.05, 3.63) is 0 Å². The third kappa shape index (κ3) is 18.1. The maximum absolute atomic E-state index is 10.1. The Kier molecular flexibility index (Phi) is 14.5. The molecule has 0 aromatic heterocycles. The summed E-state index contributed by atoms with van der Waals surface area (Å²) in [5, 5.41) is 0. The summed E-state index contributed by atoms with van der Waals surface area (Å²) in [6, 6.07) is 0. The van der Waals surface area contributed by atoms with E-state index >= 15 is 0 Å². The van der Waals surface area contributed by atoms with Gasteiger partial charge in [-0.1, -0.05) is 19.8 Å². The second-order valence-corrected chi connectivity index (χ2v) is 3.57. The first-order valence-electron chi connectivity index (χ1n) is 3.01. The molecule has 11 heavy (non-hydrogen) atoms. The standard InChI is InChI=1S/C5H12O3S.Na.H2O/c1-2-3-4-5-9(6,7)8;;/h2-5H2,1H3,(H,6,7,8);;1H2/q;+1;. The van der Waals surface area contributed by atoms with Gasteiger partial charge in [0.05, 0.1) is 5.75 Å². The Hall–Kier alpha value is 0.870. The molecule has 0 aliphatic heterocycles.